The van der Waals surface area contributed by atoms with Gasteiger partial charge in [-0.2, -0.15) is 17.4 Å². The van der Waals surface area contributed by atoms with Crippen molar-refractivity contribution in [3.8, 4) is 0 Å². The zero-order valence-electron chi connectivity index (χ0n) is 8.37. The summed E-state index contributed by atoms with van der Waals surface area (Å²) in [7, 11) is 2.07. The van der Waals surface area contributed by atoms with Gasteiger partial charge >= 0.3 is 18.9 Å². The van der Waals surface area contributed by atoms with Crippen molar-refractivity contribution in [3.63, 3.8) is 0 Å². The number of rotatable bonds is 2. The van der Waals surface area contributed by atoms with Gasteiger partial charge in [0.05, 0.1) is 0 Å². The maximum atomic E-state index is 2.39. The zero-order chi connectivity index (χ0) is 8.32. The summed E-state index contributed by atoms with van der Waals surface area (Å²) in [6, 6.07) is 10.7. The first-order valence-electron chi connectivity index (χ1n) is 4.08. The predicted molar refractivity (Wildman–Crippen MR) is 55.6 cm³/mol. The van der Waals surface area contributed by atoms with E-state index < -0.39 is 11.9 Å². The van der Waals surface area contributed by atoms with Crippen LogP contribution in [0.15, 0.2) is 35.2 Å². The molecule has 0 spiro atoms. The van der Waals surface area contributed by atoms with Gasteiger partial charge in [-0.3, -0.25) is 0 Å². The molecule has 1 aromatic rings. The molecule has 1 aromatic carbocycles. The maximum absolute atomic E-state index is 2.39. The van der Waals surface area contributed by atoms with Gasteiger partial charge in [0.25, 0.3) is 0 Å². The van der Waals surface area contributed by atoms with Gasteiger partial charge in [-0.1, -0.05) is 30.3 Å². The van der Waals surface area contributed by atoms with Crippen molar-refractivity contribution >= 4 is 22.1 Å². The Bertz CT molecular complexity index is 218. The maximum Gasteiger partial charge on any atom is 1.00 e. The molecular formula is C9H14AlLiS. The minimum Gasteiger partial charge on any atom is -0.380 e. The largest absolute Gasteiger partial charge is 1.00 e. The number of hydrogen-bond acceptors (Lipinski definition) is 1. The molecule has 0 fully saturated rings. The second-order valence-corrected chi connectivity index (χ2v) is 14.4. The Hall–Kier alpha value is 0.700. The molecule has 12 heavy (non-hydrogen) atoms. The van der Waals surface area contributed by atoms with Crippen LogP contribution in [0.3, 0.4) is 0 Å². The van der Waals surface area contributed by atoms with E-state index in [9.17, 15) is 0 Å². The quantitative estimate of drug-likeness (QED) is 0.613. The molecular weight excluding hydrogens is 174 g/mol. The molecule has 0 nitrogen and oxygen atoms in total. The third-order valence-corrected chi connectivity index (χ3v) is 5.42. The molecule has 0 N–H and O–H groups in total. The van der Waals surface area contributed by atoms with Gasteiger partial charge < -0.3 is 10.1 Å². The molecule has 1 rings (SSSR count). The molecule has 60 valence electrons. The van der Waals surface area contributed by atoms with Crippen LogP contribution in [0.1, 0.15) is 0 Å². The third-order valence-electron chi connectivity index (χ3n) is 1.23. The van der Waals surface area contributed by atoms with Gasteiger partial charge in [-0.15, -0.1) is 0 Å². The Morgan fingerprint density at radius 3 is 1.92 bits per heavy atom. The average molecular weight is 188 g/mol. The van der Waals surface area contributed by atoms with Crippen molar-refractivity contribution in [1.29, 1.82) is 0 Å². The van der Waals surface area contributed by atoms with Gasteiger partial charge in [0, 0.05) is 0 Å². The van der Waals surface area contributed by atoms with Gasteiger partial charge in [-0.05, 0) is 4.90 Å². The molecule has 0 aromatic heterocycles. The molecule has 0 saturated carbocycles. The fourth-order valence-corrected chi connectivity index (χ4v) is 4.96. The van der Waals surface area contributed by atoms with E-state index in [-0.39, 0.29) is 18.9 Å². The predicted octanol–water partition coefficient (Wildman–Crippen LogP) is 0.618. The smallest absolute Gasteiger partial charge is 0.380 e. The van der Waals surface area contributed by atoms with Crippen LogP contribution in [0.4, 0.5) is 0 Å². The van der Waals surface area contributed by atoms with Gasteiger partial charge in [0.1, 0.15) is 0 Å². The molecule has 0 saturated heterocycles. The minimum atomic E-state index is -1.24. The summed E-state index contributed by atoms with van der Waals surface area (Å²) in [5, 5.41) is 0. The standard InChI is InChI=1S/C6H6S.3CH3.Al.Li/c7-6-4-2-1-3-5-6;;;;;/h1-5,7H;3*1H3;;/q;;;;;+1/p-1. The van der Waals surface area contributed by atoms with Crippen LogP contribution in [0.25, 0.3) is 0 Å². The first-order valence-corrected chi connectivity index (χ1v) is 9.84. The average Bonchev–Trinajstić information content (AvgIpc) is 1.85. The molecule has 0 bridgehead atoms. The van der Waals surface area contributed by atoms with E-state index >= 15 is 0 Å². The Labute approximate surface area is 93.0 Å². The van der Waals surface area contributed by atoms with Gasteiger partial charge in [0.15, 0.2) is 0 Å². The van der Waals surface area contributed by atoms with E-state index in [0.29, 0.717) is 0 Å². The van der Waals surface area contributed by atoms with Crippen LogP contribution in [-0.2, 0) is 0 Å². The summed E-state index contributed by atoms with van der Waals surface area (Å²) in [5.41, 5.74) is 0. The van der Waals surface area contributed by atoms with Crippen LogP contribution < -0.4 is 18.9 Å². The monoisotopic (exact) mass is 188 g/mol. The fourth-order valence-electron chi connectivity index (χ4n) is 0.907. The number of benzene rings is 1. The van der Waals surface area contributed by atoms with Crippen LogP contribution in [0, 0.1) is 0 Å². The molecule has 0 aliphatic heterocycles. The Morgan fingerprint density at radius 2 is 1.50 bits per heavy atom. The normalized spacial score (nSPS) is 10.6. The van der Waals surface area contributed by atoms with Crippen molar-refractivity contribution < 1.29 is 18.9 Å². The molecule has 0 amide bonds. The van der Waals surface area contributed by atoms with Crippen LogP contribution >= 0.6 is 10.1 Å². The van der Waals surface area contributed by atoms with E-state index in [1.165, 1.54) is 4.90 Å². The molecule has 0 aliphatic carbocycles. The SMILES string of the molecule is [CH3][Al-]([CH3])([CH3])[S]c1ccccc1.[Li+]. The van der Waals surface area contributed by atoms with E-state index in [1.807, 2.05) is 0 Å². The van der Waals surface area contributed by atoms with Crippen molar-refractivity contribution in [1.82, 2.24) is 0 Å². The Morgan fingerprint density at radius 1 is 1.00 bits per heavy atom. The molecule has 3 heteroatoms. The summed E-state index contributed by atoms with van der Waals surface area (Å²) in [5.74, 6) is 7.18. The van der Waals surface area contributed by atoms with E-state index in [4.69, 9.17) is 0 Å². The first-order chi connectivity index (χ1) is 5.08. The van der Waals surface area contributed by atoms with Crippen molar-refractivity contribution in [3.05, 3.63) is 30.3 Å². The van der Waals surface area contributed by atoms with Crippen molar-refractivity contribution in [2.75, 3.05) is 0 Å². The van der Waals surface area contributed by atoms with E-state index in [1.54, 1.807) is 0 Å². The third kappa shape index (κ3) is 5.36. The Balaban J connectivity index is 0.00000121. The number of hydrogen-bond donors (Lipinski definition) is 0. The van der Waals surface area contributed by atoms with Crippen LogP contribution in [0.5, 0.6) is 0 Å². The molecule has 0 atom stereocenters. The van der Waals surface area contributed by atoms with Crippen LogP contribution in [-0.4, -0.2) is 11.9 Å². The van der Waals surface area contributed by atoms with Crippen molar-refractivity contribution in [2.24, 2.45) is 0 Å². The van der Waals surface area contributed by atoms with Gasteiger partial charge in [-0.25, -0.2) is 0 Å². The molecule has 0 aliphatic rings. The van der Waals surface area contributed by atoms with Crippen molar-refractivity contribution in [2.45, 2.75) is 22.3 Å². The zero-order valence-corrected chi connectivity index (χ0v) is 10.3. The summed E-state index contributed by atoms with van der Waals surface area (Å²) in [6.45, 7) is 0. The van der Waals surface area contributed by atoms with Crippen LogP contribution in [0.2, 0.25) is 17.4 Å². The summed E-state index contributed by atoms with van der Waals surface area (Å²) in [6.07, 6.45) is 0. The topological polar surface area (TPSA) is 0 Å². The van der Waals surface area contributed by atoms with Gasteiger partial charge in [0.2, 0.25) is 11.9 Å². The molecule has 0 radical (unpaired) electrons. The molecule has 0 heterocycles. The second kappa shape index (κ2) is 5.43. The van der Waals surface area contributed by atoms with E-state index in [0.717, 1.165) is 0 Å². The Kier molecular flexibility index (Phi) is 5.75. The summed E-state index contributed by atoms with van der Waals surface area (Å²) >= 11 is -1.24. The summed E-state index contributed by atoms with van der Waals surface area (Å²) in [4.78, 5) is 1.42. The summed E-state index contributed by atoms with van der Waals surface area (Å²) < 4.78 is 0. The molecule has 0 unspecified atom stereocenters. The minimum absolute atomic E-state index is 0. The fraction of sp³-hybridized carbons (Fsp3) is 0.333. The second-order valence-electron chi connectivity index (χ2n) is 3.87. The first kappa shape index (κ1) is 12.7. The van der Waals surface area contributed by atoms with E-state index in [2.05, 4.69) is 57.8 Å².